The number of hydrogen-bond acceptors (Lipinski definition) is 2. The van der Waals surface area contributed by atoms with Crippen LogP contribution in [0.1, 0.15) is 51.2 Å². The molecule has 2 rings (SSSR count). The third-order valence-electron chi connectivity index (χ3n) is 4.71. The zero-order valence-electron chi connectivity index (χ0n) is 13.0. The molecule has 0 spiro atoms. The van der Waals surface area contributed by atoms with Crippen LogP contribution in [0, 0.1) is 11.8 Å². The summed E-state index contributed by atoms with van der Waals surface area (Å²) in [5.41, 5.74) is 1.04. The summed E-state index contributed by atoms with van der Waals surface area (Å²) in [6, 6.07) is 10.0. The van der Waals surface area contributed by atoms with Gasteiger partial charge >= 0.3 is 0 Å². The molecule has 1 heterocycles. The van der Waals surface area contributed by atoms with Crippen LogP contribution in [0.15, 0.2) is 30.3 Å². The van der Waals surface area contributed by atoms with Crippen molar-refractivity contribution in [3.05, 3.63) is 35.9 Å². The Labute approximate surface area is 123 Å². The van der Waals surface area contributed by atoms with E-state index in [4.69, 9.17) is 0 Å². The summed E-state index contributed by atoms with van der Waals surface area (Å²) in [5.74, 6) is 1.70. The first-order valence-corrected chi connectivity index (χ1v) is 8.12. The largest absolute Gasteiger partial charge is 0.388 e. The number of aliphatic hydroxyl groups excluding tert-OH is 1. The highest BCUT2D eigenvalue weighted by Crippen LogP contribution is 2.25. The predicted octanol–water partition coefficient (Wildman–Crippen LogP) is 3.87. The highest BCUT2D eigenvalue weighted by Gasteiger charge is 2.19. The van der Waals surface area contributed by atoms with E-state index in [0.29, 0.717) is 0 Å². The molecule has 1 aliphatic heterocycles. The molecular weight excluding hydrogens is 246 g/mol. The Morgan fingerprint density at radius 3 is 2.60 bits per heavy atom. The first-order chi connectivity index (χ1) is 9.66. The molecule has 0 radical (unpaired) electrons. The molecule has 0 saturated carbocycles. The van der Waals surface area contributed by atoms with Crippen LogP contribution < -0.4 is 0 Å². The Balaban J connectivity index is 1.77. The van der Waals surface area contributed by atoms with Crippen LogP contribution in [0.4, 0.5) is 0 Å². The molecule has 1 N–H and O–H groups in total. The van der Waals surface area contributed by atoms with Crippen molar-refractivity contribution in [3.8, 4) is 0 Å². The quantitative estimate of drug-likeness (QED) is 0.882. The molecule has 1 aliphatic rings. The van der Waals surface area contributed by atoms with Gasteiger partial charge in [0.25, 0.3) is 0 Å². The highest BCUT2D eigenvalue weighted by molar-refractivity contribution is 5.17. The Bertz CT molecular complexity index is 376. The second kappa shape index (κ2) is 7.80. The molecule has 20 heavy (non-hydrogen) atoms. The van der Waals surface area contributed by atoms with Crippen molar-refractivity contribution < 1.29 is 5.11 Å². The summed E-state index contributed by atoms with van der Waals surface area (Å²) in [4.78, 5) is 2.54. The molecule has 2 nitrogen and oxygen atoms in total. The normalized spacial score (nSPS) is 22.7. The van der Waals surface area contributed by atoms with Crippen molar-refractivity contribution in [2.24, 2.45) is 11.8 Å². The van der Waals surface area contributed by atoms with E-state index < -0.39 is 0 Å². The smallest absolute Gasteiger partial charge is 0.0802 e. The maximum atomic E-state index is 10.2. The summed E-state index contributed by atoms with van der Waals surface area (Å²) in [7, 11) is 0. The van der Waals surface area contributed by atoms with Crippen LogP contribution in [0.25, 0.3) is 0 Å². The average Bonchev–Trinajstić information content (AvgIpc) is 2.71. The Morgan fingerprint density at radius 2 is 1.90 bits per heavy atom. The van der Waals surface area contributed by atoms with Crippen molar-refractivity contribution in [2.75, 3.05) is 19.6 Å². The fourth-order valence-corrected chi connectivity index (χ4v) is 3.22. The van der Waals surface area contributed by atoms with E-state index in [0.717, 1.165) is 30.4 Å². The molecule has 112 valence electrons. The van der Waals surface area contributed by atoms with E-state index in [1.54, 1.807) is 0 Å². The van der Waals surface area contributed by atoms with E-state index in [9.17, 15) is 5.11 Å². The Hall–Kier alpha value is -0.860. The van der Waals surface area contributed by atoms with E-state index in [2.05, 4.69) is 18.7 Å². The summed E-state index contributed by atoms with van der Waals surface area (Å²) >= 11 is 0. The first-order valence-electron chi connectivity index (χ1n) is 8.12. The molecule has 0 aliphatic carbocycles. The third-order valence-corrected chi connectivity index (χ3v) is 4.71. The molecule has 0 bridgehead atoms. The van der Waals surface area contributed by atoms with E-state index in [1.807, 2.05) is 30.3 Å². The van der Waals surface area contributed by atoms with Gasteiger partial charge < -0.3 is 10.0 Å². The van der Waals surface area contributed by atoms with Gasteiger partial charge in [0.05, 0.1) is 6.10 Å². The van der Waals surface area contributed by atoms with Crippen LogP contribution in [0.2, 0.25) is 0 Å². The number of benzene rings is 1. The molecule has 1 saturated heterocycles. The Morgan fingerprint density at radius 1 is 1.15 bits per heavy atom. The van der Waals surface area contributed by atoms with Gasteiger partial charge in [0.2, 0.25) is 0 Å². The molecule has 1 aromatic rings. The number of hydrogen-bond donors (Lipinski definition) is 1. The Kier molecular flexibility index (Phi) is 6.06. The van der Waals surface area contributed by atoms with E-state index >= 15 is 0 Å². The van der Waals surface area contributed by atoms with E-state index in [-0.39, 0.29) is 6.10 Å². The van der Waals surface area contributed by atoms with Gasteiger partial charge in [0.1, 0.15) is 0 Å². The molecular formula is C18H29NO. The topological polar surface area (TPSA) is 23.5 Å². The van der Waals surface area contributed by atoms with Gasteiger partial charge in [-0.2, -0.15) is 0 Å². The molecule has 2 heteroatoms. The van der Waals surface area contributed by atoms with Gasteiger partial charge in [-0.05, 0) is 56.2 Å². The van der Waals surface area contributed by atoms with Gasteiger partial charge in [-0.1, -0.05) is 44.2 Å². The lowest BCUT2D eigenvalue weighted by Crippen LogP contribution is -2.27. The van der Waals surface area contributed by atoms with Gasteiger partial charge in [-0.3, -0.25) is 0 Å². The fraction of sp³-hybridized carbons (Fsp3) is 0.667. The lowest BCUT2D eigenvalue weighted by Gasteiger charge is -2.22. The van der Waals surface area contributed by atoms with Crippen molar-refractivity contribution in [1.82, 2.24) is 4.90 Å². The van der Waals surface area contributed by atoms with Gasteiger partial charge in [0.15, 0.2) is 0 Å². The summed E-state index contributed by atoms with van der Waals surface area (Å²) in [6.45, 7) is 8.11. The fourth-order valence-electron chi connectivity index (χ4n) is 3.22. The monoisotopic (exact) mass is 275 g/mol. The van der Waals surface area contributed by atoms with E-state index in [1.165, 1.54) is 32.4 Å². The van der Waals surface area contributed by atoms with Gasteiger partial charge in [0, 0.05) is 6.54 Å². The van der Waals surface area contributed by atoms with Crippen molar-refractivity contribution in [1.29, 1.82) is 0 Å². The maximum absolute atomic E-state index is 10.2. The first kappa shape index (κ1) is 15.5. The second-order valence-corrected chi connectivity index (χ2v) is 6.49. The molecule has 2 atom stereocenters. The number of rotatable bonds is 5. The summed E-state index contributed by atoms with van der Waals surface area (Å²) < 4.78 is 0. The lowest BCUT2D eigenvalue weighted by atomic mass is 9.89. The SMILES string of the molecule is CC(C)C1CCCN(CCC(O)c2ccccc2)CC1. The predicted molar refractivity (Wildman–Crippen MR) is 84.6 cm³/mol. The molecule has 0 aromatic heterocycles. The van der Waals surface area contributed by atoms with Gasteiger partial charge in [-0.15, -0.1) is 0 Å². The average molecular weight is 275 g/mol. The standard InChI is InChI=1S/C18H29NO/c1-15(2)16-9-6-12-19(13-10-16)14-11-18(20)17-7-4-3-5-8-17/h3-5,7-8,15-16,18,20H,6,9-14H2,1-2H3. The minimum Gasteiger partial charge on any atom is -0.388 e. The number of nitrogens with zero attached hydrogens (tertiary/aromatic N) is 1. The minimum atomic E-state index is -0.319. The van der Waals surface area contributed by atoms with Crippen LogP contribution in [0.3, 0.4) is 0 Å². The minimum absolute atomic E-state index is 0.319. The summed E-state index contributed by atoms with van der Waals surface area (Å²) in [5, 5.41) is 10.2. The number of likely N-dealkylation sites (tertiary alicyclic amines) is 1. The zero-order valence-corrected chi connectivity index (χ0v) is 13.0. The highest BCUT2D eigenvalue weighted by atomic mass is 16.3. The number of aliphatic hydroxyl groups is 1. The van der Waals surface area contributed by atoms with Crippen molar-refractivity contribution in [2.45, 2.75) is 45.6 Å². The summed E-state index contributed by atoms with van der Waals surface area (Å²) in [6.07, 6.45) is 4.52. The maximum Gasteiger partial charge on any atom is 0.0802 e. The van der Waals surface area contributed by atoms with Crippen LogP contribution in [-0.4, -0.2) is 29.6 Å². The van der Waals surface area contributed by atoms with Gasteiger partial charge in [-0.25, -0.2) is 0 Å². The molecule has 1 fully saturated rings. The molecule has 0 amide bonds. The molecule has 2 unspecified atom stereocenters. The van der Waals surface area contributed by atoms with Crippen LogP contribution in [0.5, 0.6) is 0 Å². The zero-order chi connectivity index (χ0) is 14.4. The van der Waals surface area contributed by atoms with Crippen molar-refractivity contribution in [3.63, 3.8) is 0 Å². The van der Waals surface area contributed by atoms with Crippen molar-refractivity contribution >= 4 is 0 Å². The second-order valence-electron chi connectivity index (χ2n) is 6.49. The molecule has 1 aromatic carbocycles. The third kappa shape index (κ3) is 4.60. The lowest BCUT2D eigenvalue weighted by molar-refractivity contribution is 0.142. The van der Waals surface area contributed by atoms with Crippen LogP contribution in [-0.2, 0) is 0 Å². The van der Waals surface area contributed by atoms with Crippen LogP contribution >= 0.6 is 0 Å².